The van der Waals surface area contributed by atoms with Gasteiger partial charge in [0.05, 0.1) is 5.02 Å². The minimum absolute atomic E-state index is 0.0229. The van der Waals surface area contributed by atoms with Gasteiger partial charge in [0, 0.05) is 31.7 Å². The van der Waals surface area contributed by atoms with Crippen molar-refractivity contribution in [3.63, 3.8) is 0 Å². The van der Waals surface area contributed by atoms with Crippen LogP contribution in [0, 0.1) is 5.82 Å². The van der Waals surface area contributed by atoms with Crippen molar-refractivity contribution >= 4 is 23.2 Å². The molecule has 1 aliphatic heterocycles. The summed E-state index contributed by atoms with van der Waals surface area (Å²) in [6.07, 6.45) is 0.937. The van der Waals surface area contributed by atoms with Crippen molar-refractivity contribution in [2.75, 3.05) is 25.0 Å². The molecular formula is C19H20ClFN2O2. The van der Waals surface area contributed by atoms with E-state index in [0.29, 0.717) is 31.6 Å². The van der Waals surface area contributed by atoms with Crippen molar-refractivity contribution in [2.24, 2.45) is 0 Å². The first-order chi connectivity index (χ1) is 12.0. The van der Waals surface area contributed by atoms with Gasteiger partial charge in [0.1, 0.15) is 11.4 Å². The summed E-state index contributed by atoms with van der Waals surface area (Å²) in [7, 11) is 0. The highest BCUT2D eigenvalue weighted by molar-refractivity contribution is 6.31. The Kier molecular flexibility index (Phi) is 5.37. The van der Waals surface area contributed by atoms with Crippen molar-refractivity contribution in [1.82, 2.24) is 4.90 Å². The van der Waals surface area contributed by atoms with Crippen LogP contribution in [-0.2, 0) is 10.4 Å². The van der Waals surface area contributed by atoms with Crippen LogP contribution < -0.4 is 5.32 Å². The topological polar surface area (TPSA) is 52.6 Å². The standard InChI is InChI=1S/C19H20ClFN2O2/c20-16-12-15(6-7-17(16)21)22-18(24)8-10-23-11-9-19(25,13-23)14-4-2-1-3-5-14/h1-7,12,25H,8-11,13H2,(H,22,24)/t19-/m0/s1. The average molecular weight is 363 g/mol. The van der Waals surface area contributed by atoms with Crippen LogP contribution in [0.5, 0.6) is 0 Å². The second-order valence-corrected chi connectivity index (χ2v) is 6.76. The Hall–Kier alpha value is -1.95. The van der Waals surface area contributed by atoms with E-state index in [4.69, 9.17) is 11.6 Å². The zero-order valence-corrected chi connectivity index (χ0v) is 14.5. The summed E-state index contributed by atoms with van der Waals surface area (Å²) in [5.41, 5.74) is 0.517. The third kappa shape index (κ3) is 4.37. The molecular weight excluding hydrogens is 343 g/mol. The number of carbonyl (C=O) groups is 1. The summed E-state index contributed by atoms with van der Waals surface area (Å²) in [6, 6.07) is 13.7. The lowest BCUT2D eigenvalue weighted by Gasteiger charge is -2.24. The zero-order valence-electron chi connectivity index (χ0n) is 13.7. The molecule has 2 N–H and O–H groups in total. The number of nitrogens with zero attached hydrogens (tertiary/aromatic N) is 1. The number of aliphatic hydroxyl groups is 1. The highest BCUT2D eigenvalue weighted by atomic mass is 35.5. The Balaban J connectivity index is 1.51. The van der Waals surface area contributed by atoms with Crippen LogP contribution in [0.1, 0.15) is 18.4 Å². The average Bonchev–Trinajstić information content (AvgIpc) is 3.00. The van der Waals surface area contributed by atoms with Gasteiger partial charge in [-0.3, -0.25) is 9.69 Å². The molecule has 1 saturated heterocycles. The SMILES string of the molecule is O=C(CCN1CC[C@@](O)(c2ccccc2)C1)Nc1ccc(F)c(Cl)c1. The third-order valence-electron chi connectivity index (χ3n) is 4.50. The molecule has 1 heterocycles. The molecule has 0 radical (unpaired) electrons. The number of β-amino-alcohol motifs (C(OH)–C–C–N with tert-alkyl or cyclic N) is 1. The fourth-order valence-electron chi connectivity index (χ4n) is 3.10. The van der Waals surface area contributed by atoms with Crippen LogP contribution in [0.2, 0.25) is 5.02 Å². The molecule has 132 valence electrons. The van der Waals surface area contributed by atoms with Crippen LogP contribution in [0.25, 0.3) is 0 Å². The van der Waals surface area contributed by atoms with E-state index in [1.807, 2.05) is 30.3 Å². The Morgan fingerprint density at radius 2 is 2.04 bits per heavy atom. The van der Waals surface area contributed by atoms with Crippen LogP contribution in [-0.4, -0.2) is 35.5 Å². The van der Waals surface area contributed by atoms with Gasteiger partial charge in [-0.2, -0.15) is 0 Å². The summed E-state index contributed by atoms with van der Waals surface area (Å²) >= 11 is 5.71. The van der Waals surface area contributed by atoms with Gasteiger partial charge >= 0.3 is 0 Å². The summed E-state index contributed by atoms with van der Waals surface area (Å²) in [5, 5.41) is 13.5. The van der Waals surface area contributed by atoms with Crippen LogP contribution in [0.4, 0.5) is 10.1 Å². The fourth-order valence-corrected chi connectivity index (χ4v) is 3.28. The number of hydrogen-bond acceptors (Lipinski definition) is 3. The van der Waals surface area contributed by atoms with E-state index in [-0.39, 0.29) is 10.9 Å². The molecule has 0 unspecified atom stereocenters. The van der Waals surface area contributed by atoms with Crippen molar-refractivity contribution in [2.45, 2.75) is 18.4 Å². The van der Waals surface area contributed by atoms with Crippen LogP contribution in [0.3, 0.4) is 0 Å². The lowest BCUT2D eigenvalue weighted by molar-refractivity contribution is -0.116. The molecule has 0 spiro atoms. The molecule has 3 rings (SSSR count). The number of amides is 1. The molecule has 0 aliphatic carbocycles. The first-order valence-corrected chi connectivity index (χ1v) is 8.59. The summed E-state index contributed by atoms with van der Waals surface area (Å²) in [6.45, 7) is 1.80. The van der Waals surface area contributed by atoms with Crippen molar-refractivity contribution in [3.8, 4) is 0 Å². The molecule has 0 aromatic heterocycles. The molecule has 1 atom stereocenters. The molecule has 1 amide bonds. The van der Waals surface area contributed by atoms with Crippen LogP contribution in [0.15, 0.2) is 48.5 Å². The molecule has 4 nitrogen and oxygen atoms in total. The molecule has 1 aliphatic rings. The summed E-state index contributed by atoms with van der Waals surface area (Å²) in [4.78, 5) is 14.1. The maximum absolute atomic E-state index is 13.1. The fraction of sp³-hybridized carbons (Fsp3) is 0.316. The van der Waals surface area contributed by atoms with E-state index < -0.39 is 11.4 Å². The molecule has 2 aromatic carbocycles. The molecule has 2 aromatic rings. The lowest BCUT2D eigenvalue weighted by atomic mass is 9.93. The van der Waals surface area contributed by atoms with Gasteiger partial charge in [0.2, 0.25) is 5.91 Å². The van der Waals surface area contributed by atoms with Crippen molar-refractivity contribution in [3.05, 3.63) is 64.9 Å². The zero-order chi connectivity index (χ0) is 17.9. The van der Waals surface area contributed by atoms with E-state index >= 15 is 0 Å². The first kappa shape index (κ1) is 17.9. The largest absolute Gasteiger partial charge is 0.384 e. The summed E-state index contributed by atoms with van der Waals surface area (Å²) < 4.78 is 13.1. The Labute approximate surface area is 151 Å². The number of nitrogens with one attached hydrogen (secondary N) is 1. The summed E-state index contributed by atoms with van der Waals surface area (Å²) in [5.74, 6) is -0.685. The first-order valence-electron chi connectivity index (χ1n) is 8.21. The number of carbonyl (C=O) groups excluding carboxylic acids is 1. The maximum atomic E-state index is 13.1. The van der Waals surface area contributed by atoms with E-state index in [0.717, 1.165) is 12.1 Å². The highest BCUT2D eigenvalue weighted by Crippen LogP contribution is 2.31. The maximum Gasteiger partial charge on any atom is 0.225 e. The monoisotopic (exact) mass is 362 g/mol. The number of benzene rings is 2. The highest BCUT2D eigenvalue weighted by Gasteiger charge is 2.37. The Morgan fingerprint density at radius 1 is 1.28 bits per heavy atom. The number of anilines is 1. The number of likely N-dealkylation sites (tertiary alicyclic amines) is 1. The van der Waals surface area contributed by atoms with Gasteiger partial charge in [0.25, 0.3) is 0 Å². The second kappa shape index (κ2) is 7.52. The Morgan fingerprint density at radius 3 is 2.76 bits per heavy atom. The van der Waals surface area contributed by atoms with Gasteiger partial charge in [-0.1, -0.05) is 41.9 Å². The molecule has 25 heavy (non-hydrogen) atoms. The second-order valence-electron chi connectivity index (χ2n) is 6.35. The predicted octanol–water partition coefficient (Wildman–Crippen LogP) is 3.40. The molecule has 0 saturated carbocycles. The molecule has 6 heteroatoms. The van der Waals surface area contributed by atoms with Crippen molar-refractivity contribution in [1.29, 1.82) is 0 Å². The van der Waals surface area contributed by atoms with E-state index in [1.54, 1.807) is 0 Å². The Bertz CT molecular complexity index is 756. The van der Waals surface area contributed by atoms with E-state index in [9.17, 15) is 14.3 Å². The minimum Gasteiger partial charge on any atom is -0.384 e. The van der Waals surface area contributed by atoms with Gasteiger partial charge in [0.15, 0.2) is 0 Å². The quantitative estimate of drug-likeness (QED) is 0.857. The van der Waals surface area contributed by atoms with Crippen molar-refractivity contribution < 1.29 is 14.3 Å². The number of hydrogen-bond donors (Lipinski definition) is 2. The third-order valence-corrected chi connectivity index (χ3v) is 4.79. The van der Waals surface area contributed by atoms with E-state index in [1.165, 1.54) is 18.2 Å². The predicted molar refractivity (Wildman–Crippen MR) is 96.1 cm³/mol. The van der Waals surface area contributed by atoms with Gasteiger partial charge in [-0.05, 0) is 30.2 Å². The lowest BCUT2D eigenvalue weighted by Crippen LogP contribution is -2.32. The molecule has 0 bridgehead atoms. The smallest absolute Gasteiger partial charge is 0.225 e. The number of halogens is 2. The van der Waals surface area contributed by atoms with Gasteiger partial charge in [-0.15, -0.1) is 0 Å². The van der Waals surface area contributed by atoms with E-state index in [2.05, 4.69) is 10.2 Å². The molecule has 1 fully saturated rings. The normalized spacial score (nSPS) is 20.6. The van der Waals surface area contributed by atoms with Gasteiger partial charge < -0.3 is 10.4 Å². The van der Waals surface area contributed by atoms with Crippen LogP contribution >= 0.6 is 11.6 Å². The number of rotatable bonds is 5. The minimum atomic E-state index is -0.859. The van der Waals surface area contributed by atoms with Gasteiger partial charge in [-0.25, -0.2) is 4.39 Å².